The number of hydrogen-bond acceptors (Lipinski definition) is 3. The topological polar surface area (TPSA) is 41.4 Å². The predicted octanol–water partition coefficient (Wildman–Crippen LogP) is 3.36. The summed E-state index contributed by atoms with van der Waals surface area (Å²) in [5.74, 6) is 0.0524. The third-order valence-corrected chi connectivity index (χ3v) is 5.19. The quantitative estimate of drug-likeness (QED) is 0.719. The Morgan fingerprint density at radius 3 is 2.30 bits per heavy atom. The molecule has 27 heavy (non-hydrogen) atoms. The molecule has 1 aliphatic rings. The molecule has 0 atom stereocenters. The molecule has 0 saturated carbocycles. The molecule has 5 nitrogen and oxygen atoms in total. The summed E-state index contributed by atoms with van der Waals surface area (Å²) in [6.07, 6.45) is 0. The summed E-state index contributed by atoms with van der Waals surface area (Å²) in [6, 6.07) is 20.3. The van der Waals surface area contributed by atoms with E-state index in [1.807, 2.05) is 48.3 Å². The summed E-state index contributed by atoms with van der Waals surface area (Å²) in [5.41, 5.74) is 5.03. The maximum Gasteiger partial charge on any atom is 0.272 e. The number of rotatable bonds is 3. The minimum atomic E-state index is 0.0524. The number of hydrogen-bond donors (Lipinski definition) is 0. The molecule has 0 aliphatic carbocycles. The van der Waals surface area contributed by atoms with Gasteiger partial charge in [0, 0.05) is 44.5 Å². The Kier molecular flexibility index (Phi) is 4.67. The van der Waals surface area contributed by atoms with E-state index >= 15 is 0 Å². The second-order valence-electron chi connectivity index (χ2n) is 6.97. The van der Waals surface area contributed by atoms with Crippen LogP contribution in [0.2, 0.25) is 0 Å². The van der Waals surface area contributed by atoms with E-state index in [-0.39, 0.29) is 5.91 Å². The Balaban J connectivity index is 1.47. The first-order chi connectivity index (χ1) is 13.1. The Morgan fingerprint density at radius 1 is 0.926 bits per heavy atom. The maximum atomic E-state index is 13.0. The minimum Gasteiger partial charge on any atom is -0.368 e. The van der Waals surface area contributed by atoms with Crippen LogP contribution in [0.1, 0.15) is 16.1 Å². The molecule has 2 aromatic carbocycles. The number of anilines is 1. The molecular formula is C22H24N4O. The molecule has 1 amide bonds. The van der Waals surface area contributed by atoms with Crippen molar-refractivity contribution >= 4 is 11.6 Å². The maximum absolute atomic E-state index is 13.0. The lowest BCUT2D eigenvalue weighted by Gasteiger charge is -2.36. The first-order valence-corrected chi connectivity index (χ1v) is 9.33. The largest absolute Gasteiger partial charge is 0.368 e. The number of carbonyl (C=O) groups is 1. The second-order valence-corrected chi connectivity index (χ2v) is 6.97. The fourth-order valence-corrected chi connectivity index (χ4v) is 3.65. The highest BCUT2D eigenvalue weighted by Crippen LogP contribution is 2.23. The van der Waals surface area contributed by atoms with Gasteiger partial charge in [-0.2, -0.15) is 5.10 Å². The Bertz CT molecular complexity index is 940. The predicted molar refractivity (Wildman–Crippen MR) is 108 cm³/mol. The molecule has 5 heteroatoms. The molecule has 3 aromatic rings. The number of aryl methyl sites for hydroxylation is 2. The lowest BCUT2D eigenvalue weighted by molar-refractivity contribution is 0.0735. The molecule has 0 bridgehead atoms. The monoisotopic (exact) mass is 360 g/mol. The van der Waals surface area contributed by atoms with Crippen LogP contribution in [0.15, 0.2) is 60.7 Å². The summed E-state index contributed by atoms with van der Waals surface area (Å²) in [7, 11) is 1.84. The van der Waals surface area contributed by atoms with E-state index in [0.29, 0.717) is 5.69 Å². The highest BCUT2D eigenvalue weighted by molar-refractivity contribution is 5.94. The van der Waals surface area contributed by atoms with Crippen molar-refractivity contribution in [2.45, 2.75) is 6.92 Å². The zero-order valence-electron chi connectivity index (χ0n) is 15.8. The van der Waals surface area contributed by atoms with Crippen molar-refractivity contribution in [3.05, 3.63) is 71.9 Å². The summed E-state index contributed by atoms with van der Waals surface area (Å²) < 4.78 is 1.69. The smallest absolute Gasteiger partial charge is 0.272 e. The SMILES string of the molecule is Cc1ccccc1N1CCN(C(=O)c2cc(-c3ccccc3)nn2C)CC1. The van der Waals surface area contributed by atoms with Crippen LogP contribution in [0.5, 0.6) is 0 Å². The number of nitrogens with zero attached hydrogens (tertiary/aromatic N) is 4. The van der Waals surface area contributed by atoms with Gasteiger partial charge in [0.15, 0.2) is 0 Å². The highest BCUT2D eigenvalue weighted by Gasteiger charge is 2.25. The number of benzene rings is 2. The first-order valence-electron chi connectivity index (χ1n) is 9.33. The Morgan fingerprint density at radius 2 is 1.59 bits per heavy atom. The minimum absolute atomic E-state index is 0.0524. The van der Waals surface area contributed by atoms with E-state index in [2.05, 4.69) is 41.2 Å². The summed E-state index contributed by atoms with van der Waals surface area (Å²) >= 11 is 0. The number of piperazine rings is 1. The molecule has 1 saturated heterocycles. The molecule has 138 valence electrons. The molecule has 4 rings (SSSR count). The standard InChI is InChI=1S/C22H24N4O/c1-17-8-6-7-11-20(17)25-12-14-26(15-13-25)22(27)21-16-19(23-24(21)2)18-9-4-3-5-10-18/h3-11,16H,12-15H2,1-2H3. The molecule has 1 aromatic heterocycles. The normalized spacial score (nSPS) is 14.4. The van der Waals surface area contributed by atoms with Crippen LogP contribution in [0.4, 0.5) is 5.69 Å². The van der Waals surface area contributed by atoms with Gasteiger partial charge >= 0.3 is 0 Å². The Labute approximate surface area is 159 Å². The molecule has 0 spiro atoms. The van der Waals surface area contributed by atoms with Gasteiger partial charge in [0.05, 0.1) is 5.69 Å². The van der Waals surface area contributed by atoms with Crippen LogP contribution in [-0.2, 0) is 7.05 Å². The second kappa shape index (κ2) is 7.27. The summed E-state index contributed by atoms with van der Waals surface area (Å²) in [5, 5.41) is 4.53. The molecule has 0 radical (unpaired) electrons. The fraction of sp³-hybridized carbons (Fsp3) is 0.273. The van der Waals surface area contributed by atoms with Crippen LogP contribution < -0.4 is 4.90 Å². The van der Waals surface area contributed by atoms with Crippen molar-refractivity contribution < 1.29 is 4.79 Å². The molecule has 0 N–H and O–H groups in total. The van der Waals surface area contributed by atoms with E-state index in [9.17, 15) is 4.79 Å². The van der Waals surface area contributed by atoms with Crippen LogP contribution in [0.25, 0.3) is 11.3 Å². The lowest BCUT2D eigenvalue weighted by Crippen LogP contribution is -2.49. The van der Waals surface area contributed by atoms with Crippen molar-refractivity contribution in [3.8, 4) is 11.3 Å². The van der Waals surface area contributed by atoms with Gasteiger partial charge in [-0.05, 0) is 24.6 Å². The lowest BCUT2D eigenvalue weighted by atomic mass is 10.1. The highest BCUT2D eigenvalue weighted by atomic mass is 16.2. The van der Waals surface area contributed by atoms with Crippen LogP contribution in [0.3, 0.4) is 0 Å². The van der Waals surface area contributed by atoms with Gasteiger partial charge in [-0.1, -0.05) is 48.5 Å². The number of aromatic nitrogens is 2. The van der Waals surface area contributed by atoms with Crippen molar-refractivity contribution in [2.75, 3.05) is 31.1 Å². The van der Waals surface area contributed by atoms with Gasteiger partial charge < -0.3 is 9.80 Å². The number of para-hydroxylation sites is 1. The average molecular weight is 360 g/mol. The van der Waals surface area contributed by atoms with Crippen LogP contribution >= 0.6 is 0 Å². The van der Waals surface area contributed by atoms with Crippen molar-refractivity contribution in [2.24, 2.45) is 7.05 Å². The first kappa shape index (κ1) is 17.3. The van der Waals surface area contributed by atoms with Gasteiger partial charge in [0.25, 0.3) is 5.91 Å². The van der Waals surface area contributed by atoms with E-state index in [4.69, 9.17) is 0 Å². The average Bonchev–Trinajstić information content (AvgIpc) is 3.10. The van der Waals surface area contributed by atoms with Gasteiger partial charge in [-0.3, -0.25) is 9.48 Å². The zero-order valence-corrected chi connectivity index (χ0v) is 15.8. The van der Waals surface area contributed by atoms with Crippen molar-refractivity contribution in [3.63, 3.8) is 0 Å². The molecular weight excluding hydrogens is 336 g/mol. The number of carbonyl (C=O) groups excluding carboxylic acids is 1. The zero-order chi connectivity index (χ0) is 18.8. The van der Waals surface area contributed by atoms with Crippen LogP contribution in [0, 0.1) is 6.92 Å². The third kappa shape index (κ3) is 3.45. The molecule has 2 heterocycles. The van der Waals surface area contributed by atoms with Crippen LogP contribution in [-0.4, -0.2) is 46.8 Å². The summed E-state index contributed by atoms with van der Waals surface area (Å²) in [4.78, 5) is 17.3. The van der Waals surface area contributed by atoms with Gasteiger partial charge in [-0.25, -0.2) is 0 Å². The molecule has 0 unspecified atom stereocenters. The van der Waals surface area contributed by atoms with E-state index in [1.54, 1.807) is 4.68 Å². The molecule has 1 aliphatic heterocycles. The van der Waals surface area contributed by atoms with Crippen molar-refractivity contribution in [1.82, 2.24) is 14.7 Å². The number of amides is 1. The Hall–Kier alpha value is -3.08. The molecule has 1 fully saturated rings. The van der Waals surface area contributed by atoms with Crippen molar-refractivity contribution in [1.29, 1.82) is 0 Å². The third-order valence-electron chi connectivity index (χ3n) is 5.19. The van der Waals surface area contributed by atoms with E-state index in [1.165, 1.54) is 11.3 Å². The van der Waals surface area contributed by atoms with E-state index in [0.717, 1.165) is 37.4 Å². The van der Waals surface area contributed by atoms with E-state index < -0.39 is 0 Å². The van der Waals surface area contributed by atoms with Gasteiger partial charge in [0.2, 0.25) is 0 Å². The van der Waals surface area contributed by atoms with Gasteiger partial charge in [-0.15, -0.1) is 0 Å². The van der Waals surface area contributed by atoms with Gasteiger partial charge in [0.1, 0.15) is 5.69 Å². The summed E-state index contributed by atoms with van der Waals surface area (Å²) in [6.45, 7) is 5.27. The fourth-order valence-electron chi connectivity index (χ4n) is 3.65.